The number of nitrogens with zero attached hydrogens (tertiary/aromatic N) is 3. The summed E-state index contributed by atoms with van der Waals surface area (Å²) >= 11 is 0. The topological polar surface area (TPSA) is 36.4 Å². The summed E-state index contributed by atoms with van der Waals surface area (Å²) in [5.74, 6) is 0.499. The normalized spacial score (nSPS) is 19.4. The summed E-state index contributed by atoms with van der Waals surface area (Å²) < 4.78 is 13.8. The lowest BCUT2D eigenvalue weighted by Gasteiger charge is -2.35. The molecule has 1 unspecified atom stereocenters. The Balaban J connectivity index is 1.31. The van der Waals surface area contributed by atoms with Crippen LogP contribution in [-0.2, 0) is 11.2 Å². The van der Waals surface area contributed by atoms with E-state index in [1.54, 1.807) is 6.07 Å². The Morgan fingerprint density at radius 1 is 1.10 bits per heavy atom. The largest absolute Gasteiger partial charge is 0.341 e. The van der Waals surface area contributed by atoms with E-state index in [-0.39, 0.29) is 17.8 Å². The van der Waals surface area contributed by atoms with Crippen molar-refractivity contribution >= 4 is 5.91 Å². The van der Waals surface area contributed by atoms with E-state index >= 15 is 0 Å². The van der Waals surface area contributed by atoms with Crippen LogP contribution in [0.5, 0.6) is 0 Å². The van der Waals surface area contributed by atoms with E-state index in [1.165, 1.54) is 18.9 Å². The molecule has 0 bridgehead atoms. The van der Waals surface area contributed by atoms with Crippen LogP contribution in [0.15, 0.2) is 42.6 Å². The van der Waals surface area contributed by atoms with Crippen molar-refractivity contribution in [1.82, 2.24) is 14.8 Å². The van der Waals surface area contributed by atoms with Gasteiger partial charge in [0.1, 0.15) is 5.82 Å². The Kier molecular flexibility index (Phi) is 6.24. The highest BCUT2D eigenvalue weighted by Crippen LogP contribution is 2.28. The monoisotopic (exact) mass is 395 g/mol. The molecule has 2 aliphatic rings. The number of piperidine rings is 1. The number of amides is 1. The van der Waals surface area contributed by atoms with Crippen LogP contribution >= 0.6 is 0 Å². The van der Waals surface area contributed by atoms with Crippen LogP contribution in [0.2, 0.25) is 0 Å². The number of likely N-dealkylation sites (tertiary alicyclic amines) is 2. The van der Waals surface area contributed by atoms with Crippen LogP contribution in [0.1, 0.15) is 55.3 Å². The molecule has 0 spiro atoms. The van der Waals surface area contributed by atoms with Crippen LogP contribution < -0.4 is 0 Å². The summed E-state index contributed by atoms with van der Waals surface area (Å²) in [5, 5.41) is 0. The number of pyridine rings is 1. The van der Waals surface area contributed by atoms with Gasteiger partial charge in [-0.05, 0) is 69.0 Å². The molecule has 4 rings (SSSR count). The molecule has 0 aliphatic carbocycles. The lowest BCUT2D eigenvalue weighted by molar-refractivity contribution is -0.137. The van der Waals surface area contributed by atoms with Gasteiger partial charge in [-0.25, -0.2) is 4.39 Å². The molecule has 5 heteroatoms. The molecule has 2 fully saturated rings. The van der Waals surface area contributed by atoms with Crippen molar-refractivity contribution in [1.29, 1.82) is 0 Å². The Bertz CT molecular complexity index is 824. The number of aromatic nitrogens is 1. The van der Waals surface area contributed by atoms with Crippen LogP contribution in [0.3, 0.4) is 0 Å². The van der Waals surface area contributed by atoms with Gasteiger partial charge in [0.25, 0.3) is 0 Å². The molecule has 0 radical (unpaired) electrons. The van der Waals surface area contributed by atoms with E-state index < -0.39 is 0 Å². The first-order valence-electron chi connectivity index (χ1n) is 10.8. The van der Waals surface area contributed by atoms with Crippen molar-refractivity contribution in [3.05, 3.63) is 65.2 Å². The van der Waals surface area contributed by atoms with Crippen molar-refractivity contribution in [3.8, 4) is 0 Å². The number of benzene rings is 1. The lowest BCUT2D eigenvalue weighted by atomic mass is 9.92. The summed E-state index contributed by atoms with van der Waals surface area (Å²) in [6.07, 6.45) is 6.75. The third-order valence-electron chi connectivity index (χ3n) is 6.47. The van der Waals surface area contributed by atoms with Gasteiger partial charge in [0.05, 0.1) is 6.04 Å². The first kappa shape index (κ1) is 20.0. The number of hydrogen-bond donors (Lipinski definition) is 0. The zero-order chi connectivity index (χ0) is 20.2. The minimum Gasteiger partial charge on any atom is -0.341 e. The van der Waals surface area contributed by atoms with E-state index in [0.717, 1.165) is 50.3 Å². The fourth-order valence-electron chi connectivity index (χ4n) is 4.59. The smallest absolute Gasteiger partial charge is 0.239 e. The minimum atomic E-state index is -0.170. The molecule has 2 saturated heterocycles. The molecule has 0 N–H and O–H groups in total. The quantitative estimate of drug-likeness (QED) is 0.768. The second kappa shape index (κ2) is 9.04. The van der Waals surface area contributed by atoms with Crippen LogP contribution in [-0.4, -0.2) is 52.9 Å². The maximum Gasteiger partial charge on any atom is 0.239 e. The number of carbonyl (C=O) groups excluding carboxylic acids is 1. The maximum absolute atomic E-state index is 13.8. The van der Waals surface area contributed by atoms with Gasteiger partial charge < -0.3 is 4.90 Å². The fourth-order valence-corrected chi connectivity index (χ4v) is 4.59. The van der Waals surface area contributed by atoms with Gasteiger partial charge >= 0.3 is 0 Å². The Labute approximate surface area is 172 Å². The van der Waals surface area contributed by atoms with Crippen molar-refractivity contribution in [2.75, 3.05) is 26.2 Å². The van der Waals surface area contributed by atoms with Gasteiger partial charge in [-0.1, -0.05) is 24.3 Å². The Morgan fingerprint density at radius 3 is 2.48 bits per heavy atom. The third kappa shape index (κ3) is 4.67. The van der Waals surface area contributed by atoms with Gasteiger partial charge in [-0.3, -0.25) is 14.7 Å². The predicted octanol–water partition coefficient (Wildman–Crippen LogP) is 4.00. The summed E-state index contributed by atoms with van der Waals surface area (Å²) in [4.78, 5) is 21.8. The van der Waals surface area contributed by atoms with E-state index in [0.29, 0.717) is 17.9 Å². The summed E-state index contributed by atoms with van der Waals surface area (Å²) in [6.45, 7) is 5.76. The average Bonchev–Trinajstić information content (AvgIpc) is 3.30. The minimum absolute atomic E-state index is 0.00448. The molecular weight excluding hydrogens is 365 g/mol. The van der Waals surface area contributed by atoms with Crippen molar-refractivity contribution in [3.63, 3.8) is 0 Å². The van der Waals surface area contributed by atoms with Crippen LogP contribution in [0, 0.1) is 5.82 Å². The maximum atomic E-state index is 13.8. The molecule has 2 aliphatic heterocycles. The van der Waals surface area contributed by atoms with Crippen LogP contribution in [0.4, 0.5) is 4.39 Å². The molecule has 1 aromatic carbocycles. The van der Waals surface area contributed by atoms with Crippen molar-refractivity contribution in [2.45, 2.75) is 51.0 Å². The highest BCUT2D eigenvalue weighted by Gasteiger charge is 2.30. The molecule has 0 saturated carbocycles. The summed E-state index contributed by atoms with van der Waals surface area (Å²) in [6, 6.07) is 11.0. The zero-order valence-electron chi connectivity index (χ0n) is 17.2. The molecule has 2 aromatic rings. The highest BCUT2D eigenvalue weighted by molar-refractivity contribution is 5.81. The van der Waals surface area contributed by atoms with E-state index in [1.807, 2.05) is 23.2 Å². The van der Waals surface area contributed by atoms with Gasteiger partial charge in [0, 0.05) is 37.3 Å². The van der Waals surface area contributed by atoms with E-state index in [4.69, 9.17) is 0 Å². The molecule has 1 aromatic heterocycles. The SMILES string of the molecule is CC(C(=O)N1CCC(c2ccc(Cc3ccccc3F)cn2)CC1)N1CCCC1. The molecule has 4 nitrogen and oxygen atoms in total. The number of hydrogen-bond acceptors (Lipinski definition) is 3. The average molecular weight is 396 g/mol. The van der Waals surface area contributed by atoms with Gasteiger partial charge in [0.2, 0.25) is 5.91 Å². The fraction of sp³-hybridized carbons (Fsp3) is 0.500. The standard InChI is InChI=1S/C24H30FN3O/c1-18(27-12-4-5-13-27)24(29)28-14-10-20(11-15-28)23-9-8-19(17-26-23)16-21-6-2-3-7-22(21)25/h2-3,6-9,17-18,20H,4-5,10-16H2,1H3. The Morgan fingerprint density at radius 2 is 1.83 bits per heavy atom. The van der Waals surface area contributed by atoms with Crippen LogP contribution in [0.25, 0.3) is 0 Å². The van der Waals surface area contributed by atoms with E-state index in [2.05, 4.69) is 28.9 Å². The lowest BCUT2D eigenvalue weighted by Crippen LogP contribution is -2.48. The molecular formula is C24H30FN3O. The molecule has 154 valence electrons. The van der Waals surface area contributed by atoms with E-state index in [9.17, 15) is 9.18 Å². The molecule has 3 heterocycles. The molecule has 1 amide bonds. The van der Waals surface area contributed by atoms with Gasteiger partial charge in [-0.15, -0.1) is 0 Å². The third-order valence-corrected chi connectivity index (χ3v) is 6.47. The molecule has 29 heavy (non-hydrogen) atoms. The van der Waals surface area contributed by atoms with Gasteiger partial charge in [-0.2, -0.15) is 0 Å². The number of halogens is 1. The summed E-state index contributed by atoms with van der Waals surface area (Å²) in [7, 11) is 0. The van der Waals surface area contributed by atoms with Gasteiger partial charge in [0.15, 0.2) is 0 Å². The second-order valence-corrected chi connectivity index (χ2v) is 8.38. The first-order valence-corrected chi connectivity index (χ1v) is 10.8. The number of carbonyl (C=O) groups is 1. The number of rotatable bonds is 5. The highest BCUT2D eigenvalue weighted by atomic mass is 19.1. The predicted molar refractivity (Wildman–Crippen MR) is 112 cm³/mol. The first-order chi connectivity index (χ1) is 14.1. The Hall–Kier alpha value is -2.27. The second-order valence-electron chi connectivity index (χ2n) is 8.38. The van der Waals surface area contributed by atoms with Crippen molar-refractivity contribution in [2.24, 2.45) is 0 Å². The summed E-state index contributed by atoms with van der Waals surface area (Å²) in [5.41, 5.74) is 2.80. The van der Waals surface area contributed by atoms with Crippen molar-refractivity contribution < 1.29 is 9.18 Å². The zero-order valence-corrected chi connectivity index (χ0v) is 17.2. The molecule has 1 atom stereocenters.